The number of aliphatic hydroxyl groups excluding tert-OH is 1. The number of esters is 1. The van der Waals surface area contributed by atoms with E-state index in [0.29, 0.717) is 6.61 Å². The smallest absolute Gasteiger partial charge is 0.323 e. The fourth-order valence-corrected chi connectivity index (χ4v) is 2.05. The van der Waals surface area contributed by atoms with Gasteiger partial charge in [-0.25, -0.2) is 0 Å². The molecule has 1 aliphatic heterocycles. The van der Waals surface area contributed by atoms with Crippen molar-refractivity contribution >= 4 is 5.97 Å². The Balaban J connectivity index is 2.60. The summed E-state index contributed by atoms with van der Waals surface area (Å²) in [6.07, 6.45) is 1.43. The van der Waals surface area contributed by atoms with Crippen molar-refractivity contribution in [1.82, 2.24) is 4.90 Å². The van der Waals surface area contributed by atoms with Crippen LogP contribution >= 0.6 is 0 Å². The summed E-state index contributed by atoms with van der Waals surface area (Å²) in [5.74, 6) is -0.150. The summed E-state index contributed by atoms with van der Waals surface area (Å²) in [6, 6.07) is -0.142. The van der Waals surface area contributed by atoms with Crippen LogP contribution in [0.4, 0.5) is 0 Å². The molecule has 0 spiro atoms. The van der Waals surface area contributed by atoms with Crippen LogP contribution in [0.1, 0.15) is 33.6 Å². The lowest BCUT2D eigenvalue weighted by Gasteiger charge is -2.30. The van der Waals surface area contributed by atoms with E-state index < -0.39 is 6.10 Å². The van der Waals surface area contributed by atoms with E-state index in [0.717, 1.165) is 19.4 Å². The Labute approximate surface area is 91.2 Å². The number of carbonyl (C=O) groups excluding carboxylic acids is 1. The van der Waals surface area contributed by atoms with Crippen molar-refractivity contribution in [3.05, 3.63) is 0 Å². The topological polar surface area (TPSA) is 49.8 Å². The van der Waals surface area contributed by atoms with E-state index in [2.05, 4.69) is 0 Å². The average Bonchev–Trinajstić information content (AvgIpc) is 2.65. The van der Waals surface area contributed by atoms with Crippen molar-refractivity contribution in [1.29, 1.82) is 0 Å². The van der Waals surface area contributed by atoms with Gasteiger partial charge in [0.2, 0.25) is 0 Å². The lowest BCUT2D eigenvalue weighted by Crippen LogP contribution is -2.47. The maximum atomic E-state index is 11.6. The summed E-state index contributed by atoms with van der Waals surface area (Å²) < 4.78 is 5.02. The standard InChI is InChI=1S/C11H21NO3/c1-4-15-11(14)10-6-5-7-12(10)8(2)9(3)13/h8-10,13H,4-7H2,1-3H3. The van der Waals surface area contributed by atoms with E-state index in [1.807, 2.05) is 18.7 Å². The largest absolute Gasteiger partial charge is 0.465 e. The molecule has 1 N–H and O–H groups in total. The van der Waals surface area contributed by atoms with Crippen LogP contribution in [0.3, 0.4) is 0 Å². The molecule has 1 fully saturated rings. The molecule has 1 rings (SSSR count). The van der Waals surface area contributed by atoms with Crippen LogP contribution < -0.4 is 0 Å². The van der Waals surface area contributed by atoms with Gasteiger partial charge in [-0.1, -0.05) is 0 Å². The van der Waals surface area contributed by atoms with Gasteiger partial charge in [0.05, 0.1) is 12.7 Å². The molecule has 3 unspecified atom stereocenters. The van der Waals surface area contributed by atoms with E-state index in [1.165, 1.54) is 0 Å². The lowest BCUT2D eigenvalue weighted by atomic mass is 10.1. The van der Waals surface area contributed by atoms with Gasteiger partial charge in [-0.2, -0.15) is 0 Å². The lowest BCUT2D eigenvalue weighted by molar-refractivity contribution is -0.149. The van der Waals surface area contributed by atoms with Gasteiger partial charge in [-0.3, -0.25) is 9.69 Å². The van der Waals surface area contributed by atoms with Gasteiger partial charge in [0.15, 0.2) is 0 Å². The van der Waals surface area contributed by atoms with Gasteiger partial charge in [0.25, 0.3) is 0 Å². The number of carbonyl (C=O) groups is 1. The van der Waals surface area contributed by atoms with Gasteiger partial charge in [0, 0.05) is 6.04 Å². The third-order valence-corrected chi connectivity index (χ3v) is 3.07. The summed E-state index contributed by atoms with van der Waals surface area (Å²) in [6.45, 7) is 6.81. The molecule has 88 valence electrons. The summed E-state index contributed by atoms with van der Waals surface area (Å²) in [4.78, 5) is 13.7. The molecule has 0 bridgehead atoms. The Morgan fingerprint density at radius 1 is 1.60 bits per heavy atom. The molecule has 1 aliphatic rings. The third kappa shape index (κ3) is 2.92. The molecule has 4 heteroatoms. The highest BCUT2D eigenvalue weighted by Crippen LogP contribution is 2.22. The first-order valence-corrected chi connectivity index (χ1v) is 5.68. The first-order chi connectivity index (χ1) is 7.07. The number of nitrogens with zero attached hydrogens (tertiary/aromatic N) is 1. The first-order valence-electron chi connectivity index (χ1n) is 5.68. The molecule has 15 heavy (non-hydrogen) atoms. The minimum absolute atomic E-state index is 0.0157. The Bertz CT molecular complexity index is 218. The fourth-order valence-electron chi connectivity index (χ4n) is 2.05. The van der Waals surface area contributed by atoms with E-state index in [4.69, 9.17) is 4.74 Å². The van der Waals surface area contributed by atoms with Crippen LogP contribution in [0.15, 0.2) is 0 Å². The summed E-state index contributed by atoms with van der Waals surface area (Å²) in [5, 5.41) is 9.52. The van der Waals surface area contributed by atoms with Gasteiger partial charge in [0.1, 0.15) is 6.04 Å². The van der Waals surface area contributed by atoms with Gasteiger partial charge in [-0.15, -0.1) is 0 Å². The Kier molecular flexibility index (Phi) is 4.54. The molecular formula is C11H21NO3. The molecule has 1 saturated heterocycles. The molecule has 0 radical (unpaired) electrons. The first kappa shape index (κ1) is 12.5. The second kappa shape index (κ2) is 5.47. The van der Waals surface area contributed by atoms with Gasteiger partial charge < -0.3 is 9.84 Å². The van der Waals surface area contributed by atoms with Crippen molar-refractivity contribution in [3.8, 4) is 0 Å². The molecule has 0 aliphatic carbocycles. The quantitative estimate of drug-likeness (QED) is 0.704. The predicted molar refractivity (Wildman–Crippen MR) is 57.5 cm³/mol. The Morgan fingerprint density at radius 3 is 2.80 bits per heavy atom. The molecule has 0 amide bonds. The monoisotopic (exact) mass is 215 g/mol. The normalized spacial score (nSPS) is 26.3. The molecule has 0 saturated carbocycles. The zero-order valence-electron chi connectivity index (χ0n) is 9.77. The van der Waals surface area contributed by atoms with Crippen LogP contribution in [-0.2, 0) is 9.53 Å². The molecular weight excluding hydrogens is 194 g/mol. The molecule has 4 nitrogen and oxygen atoms in total. The van der Waals surface area contributed by atoms with Crippen LogP contribution in [0.5, 0.6) is 0 Å². The van der Waals surface area contributed by atoms with Crippen LogP contribution in [-0.4, -0.2) is 47.3 Å². The van der Waals surface area contributed by atoms with Gasteiger partial charge in [-0.05, 0) is 40.2 Å². The highest BCUT2D eigenvalue weighted by atomic mass is 16.5. The Morgan fingerprint density at radius 2 is 2.27 bits per heavy atom. The van der Waals surface area contributed by atoms with Crippen molar-refractivity contribution in [2.45, 2.75) is 51.8 Å². The second-order valence-corrected chi connectivity index (χ2v) is 4.13. The minimum atomic E-state index is -0.417. The number of likely N-dealkylation sites (tertiary alicyclic amines) is 1. The summed E-state index contributed by atoms with van der Waals surface area (Å²) in [7, 11) is 0. The van der Waals surface area contributed by atoms with Crippen LogP contribution in [0.2, 0.25) is 0 Å². The maximum absolute atomic E-state index is 11.6. The van der Waals surface area contributed by atoms with Crippen LogP contribution in [0, 0.1) is 0 Å². The van der Waals surface area contributed by atoms with Crippen molar-refractivity contribution in [2.24, 2.45) is 0 Å². The fraction of sp³-hybridized carbons (Fsp3) is 0.909. The number of ether oxygens (including phenoxy) is 1. The zero-order chi connectivity index (χ0) is 11.4. The molecule has 0 aromatic rings. The Hall–Kier alpha value is -0.610. The number of hydrogen-bond acceptors (Lipinski definition) is 4. The number of rotatable bonds is 4. The SMILES string of the molecule is CCOC(=O)C1CCCN1C(C)C(C)O. The summed E-state index contributed by atoms with van der Waals surface area (Å²) >= 11 is 0. The molecule has 0 aromatic carbocycles. The highest BCUT2D eigenvalue weighted by Gasteiger charge is 2.35. The predicted octanol–water partition coefficient (Wildman–Crippen LogP) is 0.783. The summed E-state index contributed by atoms with van der Waals surface area (Å²) in [5.41, 5.74) is 0. The van der Waals surface area contributed by atoms with E-state index in [-0.39, 0.29) is 18.1 Å². The van der Waals surface area contributed by atoms with Crippen molar-refractivity contribution < 1.29 is 14.6 Å². The molecule has 3 atom stereocenters. The number of aliphatic hydroxyl groups is 1. The highest BCUT2D eigenvalue weighted by molar-refractivity contribution is 5.76. The van der Waals surface area contributed by atoms with Crippen molar-refractivity contribution in [3.63, 3.8) is 0 Å². The van der Waals surface area contributed by atoms with E-state index in [1.54, 1.807) is 6.92 Å². The zero-order valence-corrected chi connectivity index (χ0v) is 9.77. The third-order valence-electron chi connectivity index (χ3n) is 3.07. The van der Waals surface area contributed by atoms with Crippen LogP contribution in [0.25, 0.3) is 0 Å². The second-order valence-electron chi connectivity index (χ2n) is 4.13. The van der Waals surface area contributed by atoms with E-state index >= 15 is 0 Å². The number of hydrogen-bond donors (Lipinski definition) is 1. The average molecular weight is 215 g/mol. The van der Waals surface area contributed by atoms with Gasteiger partial charge >= 0.3 is 5.97 Å². The molecule has 0 aromatic heterocycles. The minimum Gasteiger partial charge on any atom is -0.465 e. The van der Waals surface area contributed by atoms with Crippen molar-refractivity contribution in [2.75, 3.05) is 13.2 Å². The maximum Gasteiger partial charge on any atom is 0.323 e. The van der Waals surface area contributed by atoms with E-state index in [9.17, 15) is 9.90 Å². The molecule has 1 heterocycles.